The van der Waals surface area contributed by atoms with Gasteiger partial charge in [0.25, 0.3) is 0 Å². The lowest BCUT2D eigenvalue weighted by Gasteiger charge is -2.37. The van der Waals surface area contributed by atoms with Crippen LogP contribution in [0.15, 0.2) is 180 Å². The summed E-state index contributed by atoms with van der Waals surface area (Å²) in [6.07, 6.45) is 0. The minimum absolute atomic E-state index is 0.486. The molecule has 1 aliphatic carbocycles. The van der Waals surface area contributed by atoms with E-state index in [4.69, 9.17) is 9.15 Å². The minimum atomic E-state index is -0.486. The van der Waals surface area contributed by atoms with Crippen LogP contribution in [0.4, 0.5) is 17.1 Å². The van der Waals surface area contributed by atoms with Crippen molar-refractivity contribution < 1.29 is 9.15 Å². The van der Waals surface area contributed by atoms with Crippen LogP contribution in [0.1, 0.15) is 21.6 Å². The predicted octanol–water partition coefficient (Wildman–Crippen LogP) is 13.9. The van der Waals surface area contributed by atoms with E-state index in [-0.39, 0.29) is 0 Å². The maximum Gasteiger partial charge on any atom is 0.150 e. The number of para-hydroxylation sites is 2. The normalized spacial score (nSPS) is 13.6. The molecule has 4 heteroatoms. The Morgan fingerprint density at radius 1 is 0.491 bits per heavy atom. The van der Waals surface area contributed by atoms with E-state index in [0.29, 0.717) is 0 Å². The summed E-state index contributed by atoms with van der Waals surface area (Å²) in [5, 5.41) is 5.69. The summed E-state index contributed by atoms with van der Waals surface area (Å²) >= 11 is 1.85. The zero-order valence-corrected chi connectivity index (χ0v) is 29.2. The molecule has 12 rings (SSSR count). The van der Waals surface area contributed by atoms with Gasteiger partial charge in [-0.25, -0.2) is 0 Å². The highest BCUT2D eigenvalue weighted by molar-refractivity contribution is 7.19. The van der Waals surface area contributed by atoms with Gasteiger partial charge in [-0.1, -0.05) is 121 Å². The van der Waals surface area contributed by atoms with E-state index in [1.165, 1.54) is 48.2 Å². The van der Waals surface area contributed by atoms with Gasteiger partial charge in [0.1, 0.15) is 16.9 Å². The molecule has 0 saturated carbocycles. The molecule has 0 bridgehead atoms. The number of ether oxygens (including phenoxy) is 1. The van der Waals surface area contributed by atoms with Gasteiger partial charge in [-0.2, -0.15) is 0 Å². The van der Waals surface area contributed by atoms with Crippen molar-refractivity contribution in [2.24, 2.45) is 0 Å². The monoisotopic (exact) mass is 695 g/mol. The van der Waals surface area contributed by atoms with E-state index < -0.39 is 5.41 Å². The lowest BCUT2D eigenvalue weighted by atomic mass is 9.69. The van der Waals surface area contributed by atoms with E-state index in [1.54, 1.807) is 0 Å². The number of benzene rings is 8. The smallest absolute Gasteiger partial charge is 0.150 e. The van der Waals surface area contributed by atoms with Gasteiger partial charge < -0.3 is 14.1 Å². The van der Waals surface area contributed by atoms with Gasteiger partial charge in [-0.05, 0) is 87.6 Å². The average Bonchev–Trinajstić information content (AvgIpc) is 3.87. The SMILES string of the molecule is c1ccc2c(c1)Oc1c(sc3ccc(N(c4ccc5ccccc5c4)c4cccc5oc6ccccc6c45)cc13)C21c2ccccc2-c2ccccc21. The topological polar surface area (TPSA) is 25.6 Å². The second kappa shape index (κ2) is 10.7. The third-order valence-electron chi connectivity index (χ3n) is 11.3. The number of furan rings is 1. The highest BCUT2D eigenvalue weighted by Crippen LogP contribution is 2.65. The Morgan fingerprint density at radius 3 is 2.00 bits per heavy atom. The third kappa shape index (κ3) is 3.88. The van der Waals surface area contributed by atoms with Crippen molar-refractivity contribution in [1.82, 2.24) is 0 Å². The number of fused-ring (bicyclic) bond motifs is 15. The Bertz CT molecular complexity index is 3090. The molecule has 2 aliphatic rings. The number of rotatable bonds is 3. The Morgan fingerprint density at radius 2 is 1.15 bits per heavy atom. The fourth-order valence-electron chi connectivity index (χ4n) is 9.10. The number of hydrogen-bond donors (Lipinski definition) is 0. The van der Waals surface area contributed by atoms with Crippen molar-refractivity contribution in [2.45, 2.75) is 5.41 Å². The van der Waals surface area contributed by atoms with Crippen molar-refractivity contribution in [3.63, 3.8) is 0 Å². The Kier molecular flexibility index (Phi) is 5.86. The van der Waals surface area contributed by atoms with Crippen LogP contribution in [0.2, 0.25) is 0 Å². The summed E-state index contributed by atoms with van der Waals surface area (Å²) < 4.78 is 14.7. The summed E-state index contributed by atoms with van der Waals surface area (Å²) in [7, 11) is 0. The molecule has 2 aromatic heterocycles. The van der Waals surface area contributed by atoms with E-state index in [2.05, 4.69) is 169 Å². The number of anilines is 3. The van der Waals surface area contributed by atoms with Crippen LogP contribution in [0, 0.1) is 0 Å². The molecule has 0 amide bonds. The predicted molar refractivity (Wildman–Crippen MR) is 219 cm³/mol. The molecule has 1 spiro atoms. The van der Waals surface area contributed by atoms with Crippen LogP contribution < -0.4 is 9.64 Å². The fraction of sp³-hybridized carbons (Fsp3) is 0.0204. The maximum absolute atomic E-state index is 7.04. The summed E-state index contributed by atoms with van der Waals surface area (Å²) in [5.74, 6) is 1.83. The third-order valence-corrected chi connectivity index (χ3v) is 12.6. The van der Waals surface area contributed by atoms with Gasteiger partial charge in [0.15, 0.2) is 5.75 Å². The molecular formula is C49H29NO2S. The molecule has 0 fully saturated rings. The quantitative estimate of drug-likeness (QED) is 0.184. The molecule has 3 nitrogen and oxygen atoms in total. The summed E-state index contributed by atoms with van der Waals surface area (Å²) in [4.78, 5) is 3.60. The first-order chi connectivity index (χ1) is 26.3. The molecule has 8 aromatic carbocycles. The summed E-state index contributed by atoms with van der Waals surface area (Å²) in [6, 6.07) is 63.3. The first-order valence-electron chi connectivity index (χ1n) is 18.0. The van der Waals surface area contributed by atoms with Crippen molar-refractivity contribution in [3.05, 3.63) is 197 Å². The fourth-order valence-corrected chi connectivity index (χ4v) is 10.4. The van der Waals surface area contributed by atoms with Crippen LogP contribution in [-0.4, -0.2) is 0 Å². The van der Waals surface area contributed by atoms with E-state index in [1.807, 2.05) is 23.5 Å². The Balaban J connectivity index is 1.15. The minimum Gasteiger partial charge on any atom is -0.456 e. The van der Waals surface area contributed by atoms with Crippen LogP contribution in [0.5, 0.6) is 11.5 Å². The first kappa shape index (κ1) is 29.0. The van der Waals surface area contributed by atoms with E-state index >= 15 is 0 Å². The van der Waals surface area contributed by atoms with E-state index in [9.17, 15) is 0 Å². The molecule has 0 unspecified atom stereocenters. The molecule has 0 radical (unpaired) electrons. The number of hydrogen-bond acceptors (Lipinski definition) is 4. The molecule has 0 saturated heterocycles. The summed E-state index contributed by atoms with van der Waals surface area (Å²) in [5.41, 5.74) is 10.8. The Hall–Kier alpha value is -6.62. The molecular weight excluding hydrogens is 667 g/mol. The average molecular weight is 696 g/mol. The molecule has 248 valence electrons. The van der Waals surface area contributed by atoms with Gasteiger partial charge in [-0.15, -0.1) is 11.3 Å². The van der Waals surface area contributed by atoms with Crippen LogP contribution >= 0.6 is 11.3 Å². The second-order valence-corrected chi connectivity index (χ2v) is 15.0. The van der Waals surface area contributed by atoms with Gasteiger partial charge in [0.2, 0.25) is 0 Å². The molecule has 3 heterocycles. The van der Waals surface area contributed by atoms with Gasteiger partial charge >= 0.3 is 0 Å². The van der Waals surface area contributed by atoms with Crippen molar-refractivity contribution in [2.75, 3.05) is 4.90 Å². The van der Waals surface area contributed by atoms with Gasteiger partial charge in [0, 0.05) is 32.4 Å². The molecule has 0 N–H and O–H groups in total. The Labute approximate surface area is 309 Å². The van der Waals surface area contributed by atoms with Crippen molar-refractivity contribution in [1.29, 1.82) is 0 Å². The van der Waals surface area contributed by atoms with Crippen molar-refractivity contribution >= 4 is 71.2 Å². The standard InChI is InChI=1S/C49H29NO2S/c1-2-13-31-28-32(25-24-30(31)12-1)50(41-20-11-23-44-46(41)36-16-5-9-21-42(36)51-44)33-26-27-45-37(29-33)47-48(53-45)49(40-19-8-10-22-43(40)52-47)38-17-6-3-14-34(38)35-15-4-7-18-39(35)49/h1-29H. The largest absolute Gasteiger partial charge is 0.456 e. The number of nitrogens with zero attached hydrogens (tertiary/aromatic N) is 1. The highest BCUT2D eigenvalue weighted by Gasteiger charge is 2.52. The van der Waals surface area contributed by atoms with Crippen LogP contribution in [-0.2, 0) is 5.41 Å². The van der Waals surface area contributed by atoms with Gasteiger partial charge in [0.05, 0.1) is 21.4 Å². The molecule has 53 heavy (non-hydrogen) atoms. The zero-order valence-electron chi connectivity index (χ0n) is 28.4. The maximum atomic E-state index is 7.04. The second-order valence-electron chi connectivity index (χ2n) is 14.0. The molecule has 0 atom stereocenters. The summed E-state index contributed by atoms with van der Waals surface area (Å²) in [6.45, 7) is 0. The lowest BCUT2D eigenvalue weighted by molar-refractivity contribution is 0.447. The lowest BCUT2D eigenvalue weighted by Crippen LogP contribution is -2.30. The van der Waals surface area contributed by atoms with Crippen molar-refractivity contribution in [3.8, 4) is 22.6 Å². The highest BCUT2D eigenvalue weighted by atomic mass is 32.1. The zero-order chi connectivity index (χ0) is 34.7. The number of thiophene rings is 1. The van der Waals surface area contributed by atoms with E-state index in [0.717, 1.165) is 55.9 Å². The van der Waals surface area contributed by atoms with Crippen LogP contribution in [0.3, 0.4) is 0 Å². The molecule has 10 aromatic rings. The molecule has 1 aliphatic heterocycles. The van der Waals surface area contributed by atoms with Crippen LogP contribution in [0.25, 0.3) is 53.9 Å². The first-order valence-corrected chi connectivity index (χ1v) is 18.8. The van der Waals surface area contributed by atoms with Gasteiger partial charge in [-0.3, -0.25) is 0 Å².